The van der Waals surface area contributed by atoms with Gasteiger partial charge in [-0.1, -0.05) is 35.4 Å². The van der Waals surface area contributed by atoms with E-state index in [1.807, 2.05) is 38.1 Å². The maximum Gasteiger partial charge on any atom is 0.407 e. The fraction of sp³-hybridized carbons (Fsp3) is 0.231. The Morgan fingerprint density at radius 3 is 2.03 bits per heavy atom. The number of amides is 1. The first-order valence-corrected chi connectivity index (χ1v) is 10.5. The lowest BCUT2D eigenvalue weighted by Crippen LogP contribution is -2.30. The van der Waals surface area contributed by atoms with Crippen LogP contribution in [0.2, 0.25) is 0 Å². The highest BCUT2D eigenvalue weighted by atomic mass is 16.5. The normalized spacial score (nSPS) is 11.1. The molecule has 0 aliphatic rings. The lowest BCUT2D eigenvalue weighted by atomic mass is 10.0. The predicted molar refractivity (Wildman–Crippen MR) is 127 cm³/mol. The molecule has 4 rings (SSSR count). The molecule has 1 aromatic heterocycles. The molecule has 1 amide bonds. The number of hydrogen-bond acceptors (Lipinski definition) is 4. The minimum atomic E-state index is -0.405. The van der Waals surface area contributed by atoms with Crippen LogP contribution < -0.4 is 10.6 Å². The SMILES string of the molecule is Cc1ccc2nc3ccc(C)cc3c(Nc3ccc(COC(=O)NC(C)C)cc3)c2c1. The number of rotatable bonds is 5. The molecule has 5 heteroatoms. The van der Waals surface area contributed by atoms with Crippen molar-refractivity contribution in [3.63, 3.8) is 0 Å². The van der Waals surface area contributed by atoms with Crippen LogP contribution in [0.15, 0.2) is 60.7 Å². The topological polar surface area (TPSA) is 63.3 Å². The number of nitrogens with one attached hydrogen (secondary N) is 2. The number of aromatic nitrogens is 1. The Kier molecular flexibility index (Phi) is 5.76. The van der Waals surface area contributed by atoms with Gasteiger partial charge in [0.15, 0.2) is 0 Å². The summed E-state index contributed by atoms with van der Waals surface area (Å²) in [5.74, 6) is 0. The number of carbonyl (C=O) groups excluding carboxylic acids is 1. The van der Waals surface area contributed by atoms with Crippen LogP contribution >= 0.6 is 0 Å². The van der Waals surface area contributed by atoms with Gasteiger partial charge in [-0.3, -0.25) is 0 Å². The monoisotopic (exact) mass is 413 g/mol. The number of carbonyl (C=O) groups is 1. The van der Waals surface area contributed by atoms with E-state index in [1.54, 1.807) is 0 Å². The van der Waals surface area contributed by atoms with Crippen molar-refractivity contribution < 1.29 is 9.53 Å². The van der Waals surface area contributed by atoms with Crippen LogP contribution in [0, 0.1) is 13.8 Å². The summed E-state index contributed by atoms with van der Waals surface area (Å²) < 4.78 is 5.26. The molecule has 31 heavy (non-hydrogen) atoms. The van der Waals surface area contributed by atoms with Crippen molar-refractivity contribution in [2.24, 2.45) is 0 Å². The standard InChI is InChI=1S/C26H27N3O2/c1-16(2)27-26(30)31-15-19-7-9-20(10-8-19)28-25-21-13-17(3)5-11-23(21)29-24-12-6-18(4)14-22(24)25/h5-14,16H,15H2,1-4H3,(H,27,30)(H,28,29). The van der Waals surface area contributed by atoms with E-state index in [4.69, 9.17) is 9.72 Å². The number of anilines is 2. The molecule has 5 nitrogen and oxygen atoms in total. The number of nitrogens with zero attached hydrogens (tertiary/aromatic N) is 1. The molecule has 0 radical (unpaired) electrons. The van der Waals surface area contributed by atoms with E-state index in [2.05, 4.69) is 60.9 Å². The first-order valence-electron chi connectivity index (χ1n) is 10.5. The highest BCUT2D eigenvalue weighted by Crippen LogP contribution is 2.34. The molecule has 0 spiro atoms. The molecule has 4 aromatic rings. The van der Waals surface area contributed by atoms with Crippen molar-refractivity contribution in [3.05, 3.63) is 77.4 Å². The maximum atomic E-state index is 11.7. The summed E-state index contributed by atoms with van der Waals surface area (Å²) in [5.41, 5.74) is 7.25. The second-order valence-electron chi connectivity index (χ2n) is 8.23. The van der Waals surface area contributed by atoms with Gasteiger partial charge in [-0.15, -0.1) is 0 Å². The summed E-state index contributed by atoms with van der Waals surface area (Å²) in [4.78, 5) is 16.5. The minimum Gasteiger partial charge on any atom is -0.445 e. The van der Waals surface area contributed by atoms with Gasteiger partial charge >= 0.3 is 6.09 Å². The highest BCUT2D eigenvalue weighted by Gasteiger charge is 2.11. The molecule has 0 fully saturated rings. The highest BCUT2D eigenvalue weighted by molar-refractivity contribution is 6.09. The van der Waals surface area contributed by atoms with Crippen molar-refractivity contribution >= 4 is 39.3 Å². The first-order chi connectivity index (χ1) is 14.9. The molecular weight excluding hydrogens is 386 g/mol. The van der Waals surface area contributed by atoms with Gasteiger partial charge in [-0.25, -0.2) is 9.78 Å². The fourth-order valence-corrected chi connectivity index (χ4v) is 3.56. The predicted octanol–water partition coefficient (Wildman–Crippen LogP) is 6.38. The summed E-state index contributed by atoms with van der Waals surface area (Å²) in [6.45, 7) is 8.22. The van der Waals surface area contributed by atoms with E-state index in [0.29, 0.717) is 0 Å². The third-order valence-corrected chi connectivity index (χ3v) is 5.08. The van der Waals surface area contributed by atoms with Crippen molar-refractivity contribution in [2.45, 2.75) is 40.3 Å². The van der Waals surface area contributed by atoms with Crippen LogP contribution in [0.1, 0.15) is 30.5 Å². The van der Waals surface area contributed by atoms with Crippen LogP contribution in [0.4, 0.5) is 16.2 Å². The number of benzene rings is 3. The van der Waals surface area contributed by atoms with Crippen LogP contribution in [-0.2, 0) is 11.3 Å². The lowest BCUT2D eigenvalue weighted by Gasteiger charge is -2.15. The quantitative estimate of drug-likeness (QED) is 0.373. The zero-order valence-electron chi connectivity index (χ0n) is 18.3. The van der Waals surface area contributed by atoms with E-state index >= 15 is 0 Å². The van der Waals surface area contributed by atoms with E-state index in [9.17, 15) is 4.79 Å². The van der Waals surface area contributed by atoms with Crippen LogP contribution in [0.3, 0.4) is 0 Å². The van der Waals surface area contributed by atoms with Gasteiger partial charge in [0, 0.05) is 22.5 Å². The molecule has 0 atom stereocenters. The van der Waals surface area contributed by atoms with Crippen LogP contribution in [-0.4, -0.2) is 17.1 Å². The number of fused-ring (bicyclic) bond motifs is 2. The van der Waals surface area contributed by atoms with Crippen LogP contribution in [0.5, 0.6) is 0 Å². The number of aryl methyl sites for hydroxylation is 2. The van der Waals surface area contributed by atoms with E-state index in [-0.39, 0.29) is 12.6 Å². The van der Waals surface area contributed by atoms with Gasteiger partial charge < -0.3 is 15.4 Å². The molecule has 1 heterocycles. The maximum absolute atomic E-state index is 11.7. The average Bonchev–Trinajstić information content (AvgIpc) is 2.73. The molecule has 158 valence electrons. The third kappa shape index (κ3) is 4.77. The molecule has 0 aliphatic heterocycles. The van der Waals surface area contributed by atoms with Gasteiger partial charge in [0.2, 0.25) is 0 Å². The van der Waals surface area contributed by atoms with Gasteiger partial charge in [-0.05, 0) is 69.7 Å². The zero-order chi connectivity index (χ0) is 22.0. The smallest absolute Gasteiger partial charge is 0.407 e. The molecule has 0 aliphatic carbocycles. The number of alkyl carbamates (subject to hydrolysis) is 1. The molecule has 0 saturated carbocycles. The number of hydrogen-bond donors (Lipinski definition) is 2. The Labute approximate surface area is 182 Å². The molecule has 2 N–H and O–H groups in total. The Morgan fingerprint density at radius 2 is 1.48 bits per heavy atom. The van der Waals surface area contributed by atoms with E-state index in [1.165, 1.54) is 11.1 Å². The van der Waals surface area contributed by atoms with Gasteiger partial charge in [-0.2, -0.15) is 0 Å². The Morgan fingerprint density at radius 1 is 0.903 bits per heavy atom. The van der Waals surface area contributed by atoms with Crippen molar-refractivity contribution in [3.8, 4) is 0 Å². The van der Waals surface area contributed by atoms with E-state index in [0.717, 1.165) is 38.7 Å². The van der Waals surface area contributed by atoms with Crippen molar-refractivity contribution in [1.29, 1.82) is 0 Å². The molecule has 0 bridgehead atoms. The Balaban J connectivity index is 1.63. The molecule has 3 aromatic carbocycles. The Hall–Kier alpha value is -3.60. The molecule has 0 saturated heterocycles. The first kappa shape index (κ1) is 20.7. The fourth-order valence-electron chi connectivity index (χ4n) is 3.56. The third-order valence-electron chi connectivity index (χ3n) is 5.08. The summed E-state index contributed by atoms with van der Waals surface area (Å²) in [6, 6.07) is 20.6. The van der Waals surface area contributed by atoms with E-state index < -0.39 is 6.09 Å². The lowest BCUT2D eigenvalue weighted by molar-refractivity contribution is 0.137. The van der Waals surface area contributed by atoms with Gasteiger partial charge in [0.25, 0.3) is 0 Å². The summed E-state index contributed by atoms with van der Waals surface area (Å²) in [7, 11) is 0. The average molecular weight is 414 g/mol. The molecule has 0 unspecified atom stereocenters. The zero-order valence-corrected chi connectivity index (χ0v) is 18.3. The van der Waals surface area contributed by atoms with Crippen molar-refractivity contribution in [1.82, 2.24) is 10.3 Å². The summed E-state index contributed by atoms with van der Waals surface area (Å²) >= 11 is 0. The summed E-state index contributed by atoms with van der Waals surface area (Å²) in [6.07, 6.45) is -0.405. The Bertz CT molecular complexity index is 1190. The minimum absolute atomic E-state index is 0.0522. The second kappa shape index (κ2) is 8.64. The van der Waals surface area contributed by atoms with Gasteiger partial charge in [0.05, 0.1) is 16.7 Å². The van der Waals surface area contributed by atoms with Crippen molar-refractivity contribution in [2.75, 3.05) is 5.32 Å². The largest absolute Gasteiger partial charge is 0.445 e. The van der Waals surface area contributed by atoms with Gasteiger partial charge in [0.1, 0.15) is 6.61 Å². The number of pyridine rings is 1. The molecular formula is C26H27N3O2. The second-order valence-corrected chi connectivity index (χ2v) is 8.23. The number of ether oxygens (including phenoxy) is 1. The summed E-state index contributed by atoms with van der Waals surface area (Å²) in [5, 5.41) is 8.51. The van der Waals surface area contributed by atoms with Crippen LogP contribution in [0.25, 0.3) is 21.8 Å².